The van der Waals surface area contributed by atoms with Gasteiger partial charge in [0.15, 0.2) is 5.13 Å². The monoisotopic (exact) mass is 523 g/mol. The summed E-state index contributed by atoms with van der Waals surface area (Å²) >= 11 is 1.40. The Hall–Kier alpha value is -3.46. The van der Waals surface area contributed by atoms with E-state index in [4.69, 9.17) is 14.1 Å². The second-order valence-electron chi connectivity index (χ2n) is 8.56. The minimum Gasteiger partial charge on any atom is -0.494 e. The van der Waals surface area contributed by atoms with Crippen LogP contribution in [0.25, 0.3) is 32.0 Å². The molecule has 5 aromatic rings. The lowest BCUT2D eigenvalue weighted by molar-refractivity contribution is 0.0982. The molecule has 5 rings (SSSR count). The van der Waals surface area contributed by atoms with Crippen LogP contribution in [0, 0.1) is 0 Å². The molecule has 9 heteroatoms. The number of ether oxygens (including phenoxy) is 1. The Bertz CT molecular complexity index is 1610. The van der Waals surface area contributed by atoms with E-state index in [9.17, 15) is 9.59 Å². The normalized spacial score (nSPS) is 11.2. The first-order chi connectivity index (χ1) is 17.0. The predicted octanol–water partition coefficient (Wildman–Crippen LogP) is 5.58. The zero-order chi connectivity index (χ0) is 24.5. The molecule has 7 nitrogen and oxygen atoms in total. The van der Waals surface area contributed by atoms with Crippen LogP contribution >= 0.6 is 23.7 Å². The lowest BCUT2D eigenvalue weighted by Crippen LogP contribution is -2.36. The molecule has 0 N–H and O–H groups in total. The molecule has 1 amide bonds. The molecule has 0 bridgehead atoms. The van der Waals surface area contributed by atoms with Gasteiger partial charge in [0, 0.05) is 11.9 Å². The van der Waals surface area contributed by atoms with Crippen LogP contribution in [0.15, 0.2) is 69.9 Å². The Morgan fingerprint density at radius 1 is 1.03 bits per heavy atom. The van der Waals surface area contributed by atoms with Gasteiger partial charge in [0.05, 0.1) is 11.8 Å². The number of carbonyl (C=O) groups excluding carboxylic acids is 1. The minimum atomic E-state index is -0.658. The average molecular weight is 524 g/mol. The van der Waals surface area contributed by atoms with Crippen LogP contribution in [0.1, 0.15) is 16.8 Å². The van der Waals surface area contributed by atoms with Crippen LogP contribution in [-0.2, 0) is 0 Å². The number of hydrogen-bond acceptors (Lipinski definition) is 7. The van der Waals surface area contributed by atoms with Crippen molar-refractivity contribution in [2.45, 2.75) is 6.42 Å². The van der Waals surface area contributed by atoms with Gasteiger partial charge in [-0.3, -0.25) is 9.69 Å². The van der Waals surface area contributed by atoms with Gasteiger partial charge in [-0.05, 0) is 62.1 Å². The lowest BCUT2D eigenvalue weighted by Gasteiger charge is -2.20. The Kier molecular flexibility index (Phi) is 7.59. The molecule has 36 heavy (non-hydrogen) atoms. The molecule has 0 unspecified atom stereocenters. The number of para-hydroxylation sites is 1. The predicted molar refractivity (Wildman–Crippen MR) is 148 cm³/mol. The van der Waals surface area contributed by atoms with Crippen LogP contribution in [0.3, 0.4) is 0 Å². The van der Waals surface area contributed by atoms with Gasteiger partial charge in [-0.2, -0.15) is 0 Å². The molecule has 2 heterocycles. The maximum atomic E-state index is 13.8. The van der Waals surface area contributed by atoms with Crippen molar-refractivity contribution in [3.05, 3.63) is 76.6 Å². The van der Waals surface area contributed by atoms with Gasteiger partial charge in [-0.25, -0.2) is 9.78 Å². The number of halogens is 1. The van der Waals surface area contributed by atoms with Crippen molar-refractivity contribution in [3.63, 3.8) is 0 Å². The second-order valence-corrected chi connectivity index (χ2v) is 9.57. The second kappa shape index (κ2) is 10.7. The highest BCUT2D eigenvalue weighted by Crippen LogP contribution is 2.35. The van der Waals surface area contributed by atoms with Gasteiger partial charge < -0.3 is 14.1 Å². The molecule has 0 radical (unpaired) electrons. The van der Waals surface area contributed by atoms with Crippen molar-refractivity contribution in [2.24, 2.45) is 0 Å². The molecule has 0 saturated heterocycles. The summed E-state index contributed by atoms with van der Waals surface area (Å²) < 4.78 is 12.0. The zero-order valence-corrected chi connectivity index (χ0v) is 21.8. The van der Waals surface area contributed by atoms with E-state index in [2.05, 4.69) is 4.90 Å². The summed E-state index contributed by atoms with van der Waals surface area (Å²) in [4.78, 5) is 35.1. The molecule has 0 aliphatic carbocycles. The fourth-order valence-corrected chi connectivity index (χ4v) is 5.19. The molecule has 0 aliphatic heterocycles. The highest BCUT2D eigenvalue weighted by Gasteiger charge is 2.25. The summed E-state index contributed by atoms with van der Waals surface area (Å²) in [5, 5.41) is 3.18. The number of carbonyl (C=O) groups is 1. The molecule has 0 saturated carbocycles. The van der Waals surface area contributed by atoms with Crippen molar-refractivity contribution in [1.29, 1.82) is 0 Å². The van der Waals surface area contributed by atoms with Crippen LogP contribution in [0.5, 0.6) is 5.75 Å². The first-order valence-electron chi connectivity index (χ1n) is 11.3. The number of thiazole rings is 1. The Balaban J connectivity index is 0.00000304. The first-order valence-corrected chi connectivity index (χ1v) is 12.1. The molecule has 0 fully saturated rings. The molecule has 0 aliphatic rings. The van der Waals surface area contributed by atoms with Gasteiger partial charge in [-0.15, -0.1) is 12.4 Å². The van der Waals surface area contributed by atoms with E-state index in [1.807, 2.05) is 62.6 Å². The maximum Gasteiger partial charge on any atom is 0.349 e. The Labute approximate surface area is 218 Å². The van der Waals surface area contributed by atoms with E-state index in [0.29, 0.717) is 34.9 Å². The number of amides is 1. The SMILES string of the molecule is COc1cccc2sc(N(CCCN(C)C)C(=O)c3cc4c(ccc5ccccc54)oc3=O)nc12.Cl. The summed E-state index contributed by atoms with van der Waals surface area (Å²) in [6.45, 7) is 1.20. The summed E-state index contributed by atoms with van der Waals surface area (Å²) in [5.74, 6) is 0.216. The number of nitrogens with zero attached hydrogens (tertiary/aromatic N) is 3. The molecule has 3 aromatic carbocycles. The summed E-state index contributed by atoms with van der Waals surface area (Å²) in [6.07, 6.45) is 0.716. The van der Waals surface area contributed by atoms with E-state index in [1.165, 1.54) is 11.3 Å². The van der Waals surface area contributed by atoms with E-state index in [-0.39, 0.29) is 18.0 Å². The highest BCUT2D eigenvalue weighted by atomic mass is 35.5. The number of rotatable bonds is 7. The van der Waals surface area contributed by atoms with Crippen LogP contribution in [0.2, 0.25) is 0 Å². The Morgan fingerprint density at radius 3 is 2.61 bits per heavy atom. The van der Waals surface area contributed by atoms with E-state index in [1.54, 1.807) is 24.1 Å². The van der Waals surface area contributed by atoms with E-state index >= 15 is 0 Å². The number of aromatic nitrogens is 1. The third-order valence-electron chi connectivity index (χ3n) is 5.93. The number of anilines is 1. The topological polar surface area (TPSA) is 75.9 Å². The van der Waals surface area contributed by atoms with Gasteiger partial charge in [-0.1, -0.05) is 47.7 Å². The number of hydrogen-bond donors (Lipinski definition) is 0. The molecular weight excluding hydrogens is 498 g/mol. The number of methoxy groups -OCH3 is 1. The standard InChI is InChI=1S/C27H25N3O4S.ClH/c1-29(2)14-7-15-30(27-28-24-22(33-3)10-6-11-23(24)35-27)25(31)20-16-19-18-9-5-4-8-17(18)12-13-21(19)34-26(20)32;/h4-6,8-13,16H,7,14-15H2,1-3H3;1H. The van der Waals surface area contributed by atoms with Gasteiger partial charge in [0.25, 0.3) is 5.91 Å². The summed E-state index contributed by atoms with van der Waals surface area (Å²) in [6, 6.07) is 18.8. The van der Waals surface area contributed by atoms with Crippen molar-refractivity contribution in [2.75, 3.05) is 39.2 Å². The van der Waals surface area contributed by atoms with Crippen LogP contribution < -0.4 is 15.3 Å². The zero-order valence-electron chi connectivity index (χ0n) is 20.2. The molecule has 2 aromatic heterocycles. The largest absolute Gasteiger partial charge is 0.494 e. The van der Waals surface area contributed by atoms with Crippen molar-refractivity contribution < 1.29 is 13.9 Å². The number of fused-ring (bicyclic) bond motifs is 4. The molecule has 186 valence electrons. The lowest BCUT2D eigenvalue weighted by atomic mass is 10.0. The fraction of sp³-hybridized carbons (Fsp3) is 0.222. The van der Waals surface area contributed by atoms with E-state index in [0.717, 1.165) is 27.4 Å². The van der Waals surface area contributed by atoms with Crippen molar-refractivity contribution >= 4 is 66.7 Å². The van der Waals surface area contributed by atoms with E-state index < -0.39 is 11.5 Å². The molecule has 0 spiro atoms. The summed E-state index contributed by atoms with van der Waals surface area (Å²) in [7, 11) is 5.56. The van der Waals surface area contributed by atoms with Crippen molar-refractivity contribution in [1.82, 2.24) is 9.88 Å². The van der Waals surface area contributed by atoms with Gasteiger partial charge in [0.2, 0.25) is 0 Å². The number of benzene rings is 3. The third-order valence-corrected chi connectivity index (χ3v) is 6.97. The van der Waals surface area contributed by atoms with Crippen LogP contribution in [-0.4, -0.2) is 50.1 Å². The minimum absolute atomic E-state index is 0. The Morgan fingerprint density at radius 2 is 1.83 bits per heavy atom. The van der Waals surface area contributed by atoms with Crippen LogP contribution in [0.4, 0.5) is 5.13 Å². The average Bonchev–Trinajstić information content (AvgIpc) is 3.29. The third kappa shape index (κ3) is 4.80. The summed E-state index contributed by atoms with van der Waals surface area (Å²) in [5.41, 5.74) is 0.477. The van der Waals surface area contributed by atoms with Gasteiger partial charge in [0.1, 0.15) is 22.4 Å². The smallest absolute Gasteiger partial charge is 0.349 e. The quantitative estimate of drug-likeness (QED) is 0.204. The molecule has 0 atom stereocenters. The van der Waals surface area contributed by atoms with Crippen molar-refractivity contribution in [3.8, 4) is 5.75 Å². The first kappa shape index (κ1) is 25.6. The molecular formula is C27H26ClN3O4S. The van der Waals surface area contributed by atoms with Gasteiger partial charge >= 0.3 is 5.63 Å². The fourth-order valence-electron chi connectivity index (χ4n) is 4.19. The maximum absolute atomic E-state index is 13.8. The highest BCUT2D eigenvalue weighted by molar-refractivity contribution is 7.22.